The van der Waals surface area contributed by atoms with Crippen LogP contribution in [0.1, 0.15) is 31.8 Å². The van der Waals surface area contributed by atoms with Crippen LogP contribution in [0, 0.1) is 0 Å². The first-order chi connectivity index (χ1) is 10.7. The van der Waals surface area contributed by atoms with Crippen molar-refractivity contribution < 1.29 is 14.0 Å². The Balaban J connectivity index is 0.000000246. The minimum Gasteiger partial charge on any atom is -0.452 e. The number of carbonyl (C=O) groups is 2. The molecule has 5 nitrogen and oxygen atoms in total. The number of carbonyl (C=O) groups excluding carboxylic acids is 2. The van der Waals surface area contributed by atoms with Crippen molar-refractivity contribution in [1.82, 2.24) is 4.98 Å². The van der Waals surface area contributed by atoms with Gasteiger partial charge in [-0.2, -0.15) is 0 Å². The summed E-state index contributed by atoms with van der Waals surface area (Å²) in [5.74, 6) is -0.309. The van der Waals surface area contributed by atoms with Crippen molar-refractivity contribution in [3.8, 4) is 0 Å². The molecule has 3 aromatic rings. The van der Waals surface area contributed by atoms with Crippen molar-refractivity contribution in [1.29, 1.82) is 0 Å². The van der Waals surface area contributed by atoms with Crippen LogP contribution in [-0.2, 0) is 0 Å². The Bertz CT molecular complexity index is 822. The molecule has 0 aliphatic heterocycles. The lowest BCUT2D eigenvalue weighted by atomic mass is 9.83. The summed E-state index contributed by atoms with van der Waals surface area (Å²) in [7, 11) is 0. The van der Waals surface area contributed by atoms with E-state index in [-0.39, 0.29) is 11.6 Å². The van der Waals surface area contributed by atoms with E-state index in [0.717, 1.165) is 0 Å². The molecular weight excluding hydrogens is 280 g/mol. The number of anilines is 1. The Hall–Kier alpha value is -3.21. The highest BCUT2D eigenvalue weighted by Gasteiger charge is 2.30. The second kappa shape index (κ2) is 5.65. The van der Waals surface area contributed by atoms with Crippen LogP contribution in [0.15, 0.2) is 65.7 Å². The Kier molecular flexibility index (Phi) is 3.53. The van der Waals surface area contributed by atoms with E-state index in [4.69, 9.17) is 5.73 Å². The summed E-state index contributed by atoms with van der Waals surface area (Å²) in [4.78, 5) is 28.0. The number of oxazole rings is 1. The summed E-state index contributed by atoms with van der Waals surface area (Å²) in [5, 5.41) is 0. The number of hydrogen-bond donors (Lipinski definition) is 1. The highest BCUT2D eigenvalue weighted by atomic mass is 16.3. The van der Waals surface area contributed by atoms with Crippen molar-refractivity contribution in [2.24, 2.45) is 0 Å². The zero-order valence-corrected chi connectivity index (χ0v) is 11.5. The van der Waals surface area contributed by atoms with Crippen LogP contribution in [0.3, 0.4) is 0 Å². The van der Waals surface area contributed by atoms with E-state index in [0.29, 0.717) is 27.9 Å². The molecule has 108 valence electrons. The summed E-state index contributed by atoms with van der Waals surface area (Å²) >= 11 is 0. The third kappa shape index (κ3) is 2.29. The summed E-state index contributed by atoms with van der Waals surface area (Å²) < 4.78 is 4.47. The van der Waals surface area contributed by atoms with E-state index in [1.807, 2.05) is 0 Å². The lowest BCUT2D eigenvalue weighted by Gasteiger charge is -2.18. The number of benzene rings is 2. The smallest absolute Gasteiger partial charge is 0.196 e. The monoisotopic (exact) mass is 292 g/mol. The largest absolute Gasteiger partial charge is 0.452 e. The van der Waals surface area contributed by atoms with Crippen LogP contribution in [0.4, 0.5) is 5.69 Å². The fourth-order valence-electron chi connectivity index (χ4n) is 2.35. The van der Waals surface area contributed by atoms with Gasteiger partial charge in [0.05, 0.1) is 11.8 Å². The molecule has 0 unspecified atom stereocenters. The van der Waals surface area contributed by atoms with Crippen molar-refractivity contribution in [2.75, 3.05) is 5.73 Å². The first-order valence-corrected chi connectivity index (χ1v) is 6.59. The molecule has 0 saturated carbocycles. The van der Waals surface area contributed by atoms with Crippen LogP contribution < -0.4 is 5.73 Å². The zero-order valence-electron chi connectivity index (χ0n) is 11.5. The first-order valence-electron chi connectivity index (χ1n) is 6.59. The molecule has 0 radical (unpaired) electrons. The molecular formula is C17H12N2O3. The summed E-state index contributed by atoms with van der Waals surface area (Å²) in [6, 6.07) is 11.8. The molecule has 0 amide bonds. The highest BCUT2D eigenvalue weighted by molar-refractivity contribution is 6.29. The molecule has 1 heterocycles. The lowest BCUT2D eigenvalue weighted by molar-refractivity contribution is 0.0979. The Labute approximate surface area is 126 Å². The predicted octanol–water partition coefficient (Wildman–Crippen LogP) is 2.72. The minimum atomic E-state index is -0.173. The number of nitrogens with two attached hydrogens (primary N) is 1. The number of rotatable bonds is 0. The molecule has 1 aliphatic rings. The molecule has 1 aliphatic carbocycles. The standard InChI is InChI=1S/C14H9NO2.C3H3NO/c15-11-7-3-6-10-12(11)14(17)9-5-2-1-4-8(9)13(10)16;1-2-5-3-4-1/h1-7H,15H2;1-3H. The zero-order chi connectivity index (χ0) is 15.5. The van der Waals surface area contributed by atoms with Gasteiger partial charge in [0.2, 0.25) is 0 Å². The molecule has 2 aromatic carbocycles. The summed E-state index contributed by atoms with van der Waals surface area (Å²) in [6.07, 6.45) is 4.47. The number of aromatic nitrogens is 1. The van der Waals surface area contributed by atoms with E-state index in [9.17, 15) is 9.59 Å². The van der Waals surface area contributed by atoms with Crippen molar-refractivity contribution >= 4 is 17.3 Å². The summed E-state index contributed by atoms with van der Waals surface area (Å²) in [5.41, 5.74) is 7.75. The molecule has 5 heteroatoms. The number of ketones is 2. The van der Waals surface area contributed by atoms with Crippen molar-refractivity contribution in [3.63, 3.8) is 0 Å². The molecule has 0 fully saturated rings. The Morgan fingerprint density at radius 2 is 1.55 bits per heavy atom. The van der Waals surface area contributed by atoms with Gasteiger partial charge in [-0.15, -0.1) is 0 Å². The van der Waals surface area contributed by atoms with Crippen LogP contribution in [-0.4, -0.2) is 16.6 Å². The van der Waals surface area contributed by atoms with Gasteiger partial charge in [0.25, 0.3) is 0 Å². The van der Waals surface area contributed by atoms with E-state index >= 15 is 0 Å². The van der Waals surface area contributed by atoms with Crippen LogP contribution in [0.25, 0.3) is 0 Å². The fraction of sp³-hybridized carbons (Fsp3) is 0. The van der Waals surface area contributed by atoms with Crippen LogP contribution >= 0.6 is 0 Å². The molecule has 0 saturated heterocycles. The van der Waals surface area contributed by atoms with E-state index < -0.39 is 0 Å². The van der Waals surface area contributed by atoms with Gasteiger partial charge in [-0.1, -0.05) is 36.4 Å². The molecule has 22 heavy (non-hydrogen) atoms. The fourth-order valence-corrected chi connectivity index (χ4v) is 2.35. The van der Waals surface area contributed by atoms with E-state index in [1.165, 1.54) is 12.7 Å². The molecule has 1 aromatic heterocycles. The topological polar surface area (TPSA) is 86.2 Å². The first kappa shape index (κ1) is 13.8. The minimum absolute atomic E-state index is 0.137. The van der Waals surface area contributed by atoms with E-state index in [1.54, 1.807) is 48.7 Å². The summed E-state index contributed by atoms with van der Waals surface area (Å²) in [6.45, 7) is 0. The SMILES string of the molecule is Nc1cccc2c1C(=O)c1ccccc1C2=O.c1cocn1. The quantitative estimate of drug-likeness (QED) is 0.504. The lowest BCUT2D eigenvalue weighted by Crippen LogP contribution is -2.22. The van der Waals surface area contributed by atoms with Gasteiger partial charge in [0, 0.05) is 22.4 Å². The van der Waals surface area contributed by atoms with Gasteiger partial charge in [0.1, 0.15) is 6.26 Å². The Morgan fingerprint density at radius 1 is 0.864 bits per heavy atom. The average molecular weight is 292 g/mol. The second-order valence-corrected chi connectivity index (χ2v) is 4.65. The average Bonchev–Trinajstić information content (AvgIpc) is 3.12. The number of nitrogens with zero attached hydrogens (tertiary/aromatic N) is 1. The van der Waals surface area contributed by atoms with Gasteiger partial charge < -0.3 is 10.2 Å². The predicted molar refractivity (Wildman–Crippen MR) is 80.7 cm³/mol. The van der Waals surface area contributed by atoms with Gasteiger partial charge in [-0.05, 0) is 6.07 Å². The normalized spacial score (nSPS) is 12.0. The van der Waals surface area contributed by atoms with Crippen LogP contribution in [0.2, 0.25) is 0 Å². The van der Waals surface area contributed by atoms with Gasteiger partial charge >= 0.3 is 0 Å². The number of hydrogen-bond acceptors (Lipinski definition) is 5. The molecule has 4 rings (SSSR count). The maximum absolute atomic E-state index is 12.2. The molecule has 0 spiro atoms. The third-order valence-corrected chi connectivity index (χ3v) is 3.33. The van der Waals surface area contributed by atoms with Crippen LogP contribution in [0.5, 0.6) is 0 Å². The maximum Gasteiger partial charge on any atom is 0.196 e. The number of fused-ring (bicyclic) bond motifs is 2. The second-order valence-electron chi connectivity index (χ2n) is 4.65. The molecule has 0 atom stereocenters. The number of nitrogen functional groups attached to an aromatic ring is 1. The Morgan fingerprint density at radius 3 is 2.14 bits per heavy atom. The van der Waals surface area contributed by atoms with Gasteiger partial charge in [-0.25, -0.2) is 4.98 Å². The highest BCUT2D eigenvalue weighted by Crippen LogP contribution is 2.30. The van der Waals surface area contributed by atoms with Crippen molar-refractivity contribution in [2.45, 2.75) is 0 Å². The third-order valence-electron chi connectivity index (χ3n) is 3.33. The maximum atomic E-state index is 12.2. The molecule has 2 N–H and O–H groups in total. The van der Waals surface area contributed by atoms with Gasteiger partial charge in [-0.3, -0.25) is 9.59 Å². The van der Waals surface area contributed by atoms with Crippen molar-refractivity contribution in [3.05, 3.63) is 83.6 Å². The molecule has 0 bridgehead atoms. The van der Waals surface area contributed by atoms with Gasteiger partial charge in [0.15, 0.2) is 18.0 Å². The van der Waals surface area contributed by atoms with E-state index in [2.05, 4.69) is 9.40 Å².